The second-order valence-corrected chi connectivity index (χ2v) is 4.45. The molecule has 0 amide bonds. The lowest BCUT2D eigenvalue weighted by Crippen LogP contribution is -2.39. The van der Waals surface area contributed by atoms with E-state index in [1.54, 1.807) is 12.3 Å². The Balaban J connectivity index is 2.42. The number of rotatable bonds is 1. The third kappa shape index (κ3) is 1.65. The maximum Gasteiger partial charge on any atom is 0.169 e. The van der Waals surface area contributed by atoms with Crippen LogP contribution in [0.5, 0.6) is 0 Å². The molecule has 1 aromatic heterocycles. The van der Waals surface area contributed by atoms with Crippen molar-refractivity contribution < 1.29 is 0 Å². The maximum absolute atomic E-state index is 9.00. The second-order valence-electron chi connectivity index (χ2n) is 4.45. The molecule has 0 bridgehead atoms. The van der Waals surface area contributed by atoms with E-state index in [4.69, 9.17) is 5.26 Å². The summed E-state index contributed by atoms with van der Waals surface area (Å²) in [4.78, 5) is 2.18. The van der Waals surface area contributed by atoms with Crippen molar-refractivity contribution in [2.45, 2.75) is 32.2 Å². The molecular formula is C11H14N4. The molecule has 1 saturated heterocycles. The molecule has 15 heavy (non-hydrogen) atoms. The highest BCUT2D eigenvalue weighted by Gasteiger charge is 2.34. The Bertz CT molecular complexity index is 405. The molecule has 0 radical (unpaired) electrons. The Morgan fingerprint density at radius 1 is 1.53 bits per heavy atom. The van der Waals surface area contributed by atoms with Gasteiger partial charge in [-0.3, -0.25) is 0 Å². The fourth-order valence-corrected chi connectivity index (χ4v) is 2.11. The zero-order valence-corrected chi connectivity index (χ0v) is 9.06. The highest BCUT2D eigenvalue weighted by atomic mass is 15.3. The van der Waals surface area contributed by atoms with E-state index in [-0.39, 0.29) is 5.54 Å². The quantitative estimate of drug-likeness (QED) is 0.696. The predicted octanol–water partition coefficient (Wildman–Crippen LogP) is 1.73. The number of anilines is 1. The Hall–Kier alpha value is -1.63. The van der Waals surface area contributed by atoms with Crippen LogP contribution in [0.25, 0.3) is 0 Å². The van der Waals surface area contributed by atoms with Crippen LogP contribution in [0, 0.1) is 11.3 Å². The van der Waals surface area contributed by atoms with Gasteiger partial charge in [-0.05, 0) is 32.8 Å². The van der Waals surface area contributed by atoms with Gasteiger partial charge in [0.25, 0.3) is 0 Å². The highest BCUT2D eigenvalue weighted by molar-refractivity contribution is 5.54. The summed E-state index contributed by atoms with van der Waals surface area (Å²) in [5.74, 6) is 0.725. The Morgan fingerprint density at radius 3 is 2.93 bits per heavy atom. The molecule has 4 heteroatoms. The van der Waals surface area contributed by atoms with Gasteiger partial charge in [-0.1, -0.05) is 0 Å². The molecule has 0 aliphatic carbocycles. The van der Waals surface area contributed by atoms with E-state index in [9.17, 15) is 0 Å². The van der Waals surface area contributed by atoms with Crippen LogP contribution in [0.3, 0.4) is 0 Å². The summed E-state index contributed by atoms with van der Waals surface area (Å²) in [6.45, 7) is 5.31. The average molecular weight is 202 g/mol. The number of nitriles is 1. The molecule has 1 aromatic rings. The molecule has 78 valence electrons. The van der Waals surface area contributed by atoms with E-state index in [1.165, 1.54) is 0 Å². The van der Waals surface area contributed by atoms with Gasteiger partial charge in [0, 0.05) is 12.1 Å². The van der Waals surface area contributed by atoms with Gasteiger partial charge >= 0.3 is 0 Å². The Kier molecular flexibility index (Phi) is 2.31. The molecule has 0 aromatic carbocycles. The van der Waals surface area contributed by atoms with Crippen molar-refractivity contribution in [1.82, 2.24) is 10.2 Å². The van der Waals surface area contributed by atoms with E-state index in [2.05, 4.69) is 35.0 Å². The van der Waals surface area contributed by atoms with Crippen molar-refractivity contribution in [3.8, 4) is 6.07 Å². The molecule has 1 fully saturated rings. The van der Waals surface area contributed by atoms with Crippen LogP contribution in [0.4, 0.5) is 5.82 Å². The molecule has 4 nitrogen and oxygen atoms in total. The first-order valence-corrected chi connectivity index (χ1v) is 5.14. The summed E-state index contributed by atoms with van der Waals surface area (Å²) in [6, 6.07) is 3.89. The summed E-state index contributed by atoms with van der Waals surface area (Å²) >= 11 is 0. The van der Waals surface area contributed by atoms with Crippen LogP contribution in [0.15, 0.2) is 12.3 Å². The standard InChI is InChI=1S/C11H14N4/c1-11(2)5-3-7-15(11)10-9(8-12)4-6-13-14-10/h4,6H,3,5,7H2,1-2H3. The largest absolute Gasteiger partial charge is 0.349 e. The first kappa shape index (κ1) is 9.91. The minimum Gasteiger partial charge on any atom is -0.349 e. The third-order valence-electron chi connectivity index (χ3n) is 2.98. The van der Waals surface area contributed by atoms with Gasteiger partial charge in [0.05, 0.1) is 11.8 Å². The monoisotopic (exact) mass is 202 g/mol. The molecule has 0 unspecified atom stereocenters. The topological polar surface area (TPSA) is 52.8 Å². The van der Waals surface area contributed by atoms with Crippen LogP contribution >= 0.6 is 0 Å². The minimum absolute atomic E-state index is 0.0850. The average Bonchev–Trinajstić information content (AvgIpc) is 2.58. The smallest absolute Gasteiger partial charge is 0.169 e. The van der Waals surface area contributed by atoms with Gasteiger partial charge < -0.3 is 4.90 Å². The zero-order chi connectivity index (χ0) is 10.9. The van der Waals surface area contributed by atoms with Crippen LogP contribution < -0.4 is 4.90 Å². The van der Waals surface area contributed by atoms with Gasteiger partial charge in [0.15, 0.2) is 5.82 Å². The summed E-state index contributed by atoms with van der Waals surface area (Å²) in [5, 5.41) is 16.9. The van der Waals surface area contributed by atoms with E-state index in [1.807, 2.05) is 0 Å². The molecule has 0 saturated carbocycles. The van der Waals surface area contributed by atoms with Gasteiger partial charge in [0.2, 0.25) is 0 Å². The van der Waals surface area contributed by atoms with Crippen molar-refractivity contribution in [3.63, 3.8) is 0 Å². The summed E-state index contributed by atoms with van der Waals surface area (Å²) in [5.41, 5.74) is 0.696. The molecule has 1 aliphatic rings. The van der Waals surface area contributed by atoms with Crippen molar-refractivity contribution in [1.29, 1.82) is 5.26 Å². The van der Waals surface area contributed by atoms with Crippen molar-refractivity contribution in [2.24, 2.45) is 0 Å². The third-order valence-corrected chi connectivity index (χ3v) is 2.98. The fraction of sp³-hybridized carbons (Fsp3) is 0.545. The van der Waals surface area contributed by atoms with Gasteiger partial charge in [-0.25, -0.2) is 0 Å². The molecule has 1 aliphatic heterocycles. The Morgan fingerprint density at radius 2 is 2.33 bits per heavy atom. The van der Waals surface area contributed by atoms with Crippen LogP contribution in [-0.2, 0) is 0 Å². The van der Waals surface area contributed by atoms with Crippen molar-refractivity contribution >= 4 is 5.82 Å². The first-order chi connectivity index (χ1) is 7.15. The number of nitrogens with zero attached hydrogens (tertiary/aromatic N) is 4. The normalized spacial score (nSPS) is 18.9. The minimum atomic E-state index is 0.0850. The lowest BCUT2D eigenvalue weighted by atomic mass is 10.0. The van der Waals surface area contributed by atoms with Gasteiger partial charge in [0.1, 0.15) is 6.07 Å². The van der Waals surface area contributed by atoms with E-state index >= 15 is 0 Å². The van der Waals surface area contributed by atoms with E-state index in [0.717, 1.165) is 25.2 Å². The highest BCUT2D eigenvalue weighted by Crippen LogP contribution is 2.33. The SMILES string of the molecule is CC1(C)CCCN1c1nnccc1C#N. The summed E-state index contributed by atoms with van der Waals surface area (Å²) < 4.78 is 0. The van der Waals surface area contributed by atoms with E-state index in [0.29, 0.717) is 5.56 Å². The van der Waals surface area contributed by atoms with Crippen LogP contribution in [0.2, 0.25) is 0 Å². The molecule has 0 N–H and O–H groups in total. The van der Waals surface area contributed by atoms with Crippen LogP contribution in [-0.4, -0.2) is 22.3 Å². The van der Waals surface area contributed by atoms with Crippen LogP contribution in [0.1, 0.15) is 32.3 Å². The maximum atomic E-state index is 9.00. The van der Waals surface area contributed by atoms with Crippen molar-refractivity contribution in [2.75, 3.05) is 11.4 Å². The second kappa shape index (κ2) is 3.50. The molecule has 0 atom stereocenters. The molecule has 0 spiro atoms. The lowest BCUT2D eigenvalue weighted by molar-refractivity contribution is 0.512. The van der Waals surface area contributed by atoms with Crippen molar-refractivity contribution in [3.05, 3.63) is 17.8 Å². The number of hydrogen-bond donors (Lipinski definition) is 0. The lowest BCUT2D eigenvalue weighted by Gasteiger charge is -2.32. The summed E-state index contributed by atoms with van der Waals surface area (Å²) in [7, 11) is 0. The number of aromatic nitrogens is 2. The van der Waals surface area contributed by atoms with Gasteiger partial charge in [-0.15, -0.1) is 5.10 Å². The number of hydrogen-bond acceptors (Lipinski definition) is 4. The molecule has 2 heterocycles. The molecular weight excluding hydrogens is 188 g/mol. The van der Waals surface area contributed by atoms with Gasteiger partial charge in [-0.2, -0.15) is 10.4 Å². The first-order valence-electron chi connectivity index (χ1n) is 5.14. The molecule has 2 rings (SSSR count). The summed E-state index contributed by atoms with van der Waals surface area (Å²) in [6.07, 6.45) is 3.84. The zero-order valence-electron chi connectivity index (χ0n) is 9.06. The predicted molar refractivity (Wildman–Crippen MR) is 57.4 cm³/mol. The Labute approximate surface area is 89.5 Å². The fourth-order valence-electron chi connectivity index (χ4n) is 2.11. The van der Waals surface area contributed by atoms with E-state index < -0.39 is 0 Å².